The molecular formula is C17H14N2O2S. The van der Waals surface area contributed by atoms with Gasteiger partial charge in [-0.15, -0.1) is 5.10 Å². The van der Waals surface area contributed by atoms with Crippen LogP contribution in [0.25, 0.3) is 10.8 Å². The average molecular weight is 310 g/mol. The molecule has 3 rings (SSSR count). The van der Waals surface area contributed by atoms with Gasteiger partial charge in [-0.3, -0.25) is 0 Å². The van der Waals surface area contributed by atoms with Crippen LogP contribution in [0.15, 0.2) is 59.8 Å². The summed E-state index contributed by atoms with van der Waals surface area (Å²) in [5, 5.41) is 11.4. The average Bonchev–Trinajstić information content (AvgIpc) is 2.59. The van der Waals surface area contributed by atoms with E-state index in [2.05, 4.69) is 10.2 Å². The van der Waals surface area contributed by atoms with E-state index in [1.54, 1.807) is 30.1 Å². The fourth-order valence-corrected chi connectivity index (χ4v) is 3.06. The van der Waals surface area contributed by atoms with Gasteiger partial charge in [-0.05, 0) is 17.7 Å². The zero-order valence-corrected chi connectivity index (χ0v) is 12.8. The summed E-state index contributed by atoms with van der Waals surface area (Å²) in [4.78, 5) is 11.4. The number of hydrogen-bond donors (Lipinski definition) is 0. The maximum atomic E-state index is 11.4. The molecule has 0 spiro atoms. The summed E-state index contributed by atoms with van der Waals surface area (Å²) in [5.41, 5.74) is 1.67. The number of rotatable bonds is 4. The Labute approximate surface area is 132 Å². The van der Waals surface area contributed by atoms with Crippen molar-refractivity contribution in [3.8, 4) is 0 Å². The van der Waals surface area contributed by atoms with Gasteiger partial charge in [0.1, 0.15) is 5.03 Å². The van der Waals surface area contributed by atoms with Crippen LogP contribution in [-0.2, 0) is 10.5 Å². The second-order valence-electron chi connectivity index (χ2n) is 4.71. The number of carbonyl (C=O) groups excluding carboxylic acids is 1. The largest absolute Gasteiger partial charge is 0.465 e. The Hall–Kier alpha value is -2.40. The molecular weight excluding hydrogens is 296 g/mol. The van der Waals surface area contributed by atoms with Gasteiger partial charge in [-0.25, -0.2) is 4.79 Å². The Balaban J connectivity index is 1.75. The third kappa shape index (κ3) is 3.09. The van der Waals surface area contributed by atoms with E-state index >= 15 is 0 Å². The number of benzene rings is 2. The molecule has 0 fully saturated rings. The van der Waals surface area contributed by atoms with Crippen LogP contribution < -0.4 is 0 Å². The molecule has 2 aromatic carbocycles. The van der Waals surface area contributed by atoms with Crippen molar-refractivity contribution in [1.29, 1.82) is 0 Å². The van der Waals surface area contributed by atoms with E-state index in [4.69, 9.17) is 4.74 Å². The Morgan fingerprint density at radius 1 is 1.14 bits per heavy atom. The fraction of sp³-hybridized carbons (Fsp3) is 0.118. The standard InChI is InChI=1S/C17H14N2O2S/c1-21-17(20)13-8-6-12(7-9-13)11-22-16-15-5-3-2-4-14(15)10-18-19-16/h2-10H,11H2,1H3. The smallest absolute Gasteiger partial charge is 0.337 e. The molecule has 4 nitrogen and oxygen atoms in total. The number of nitrogens with zero attached hydrogens (tertiary/aromatic N) is 2. The minimum absolute atomic E-state index is 0.320. The molecule has 1 heterocycles. The number of thioether (sulfide) groups is 1. The van der Waals surface area contributed by atoms with Gasteiger partial charge >= 0.3 is 5.97 Å². The van der Waals surface area contributed by atoms with Gasteiger partial charge < -0.3 is 4.74 Å². The highest BCUT2D eigenvalue weighted by atomic mass is 32.2. The van der Waals surface area contributed by atoms with Crippen LogP contribution in [0.4, 0.5) is 0 Å². The fourth-order valence-electron chi connectivity index (χ4n) is 2.11. The predicted octanol–water partition coefficient (Wildman–Crippen LogP) is 3.71. The van der Waals surface area contributed by atoms with Gasteiger partial charge in [0.25, 0.3) is 0 Å². The number of methoxy groups -OCH3 is 1. The molecule has 0 bridgehead atoms. The van der Waals surface area contributed by atoms with Crippen LogP contribution >= 0.6 is 11.8 Å². The highest BCUT2D eigenvalue weighted by Crippen LogP contribution is 2.27. The van der Waals surface area contributed by atoms with E-state index in [9.17, 15) is 4.79 Å². The Bertz CT molecular complexity index is 798. The molecule has 22 heavy (non-hydrogen) atoms. The molecule has 1 aromatic heterocycles. The Kier molecular flexibility index (Phi) is 4.34. The van der Waals surface area contributed by atoms with E-state index in [1.807, 2.05) is 36.4 Å². The number of hydrogen-bond acceptors (Lipinski definition) is 5. The number of aromatic nitrogens is 2. The van der Waals surface area contributed by atoms with Crippen molar-refractivity contribution in [2.24, 2.45) is 0 Å². The molecule has 0 aliphatic rings. The first kappa shape index (κ1) is 14.5. The molecule has 0 saturated carbocycles. The van der Waals surface area contributed by atoms with Crippen molar-refractivity contribution >= 4 is 28.5 Å². The molecule has 0 atom stereocenters. The summed E-state index contributed by atoms with van der Waals surface area (Å²) in [6.07, 6.45) is 1.77. The Morgan fingerprint density at radius 3 is 2.68 bits per heavy atom. The van der Waals surface area contributed by atoms with E-state index in [-0.39, 0.29) is 5.97 Å². The summed E-state index contributed by atoms with van der Waals surface area (Å²) < 4.78 is 4.69. The normalized spacial score (nSPS) is 10.6. The van der Waals surface area contributed by atoms with E-state index < -0.39 is 0 Å². The SMILES string of the molecule is COC(=O)c1ccc(CSc2nncc3ccccc23)cc1. The molecule has 0 N–H and O–H groups in total. The number of carbonyl (C=O) groups is 1. The van der Waals surface area contributed by atoms with Gasteiger partial charge in [0.2, 0.25) is 0 Å². The van der Waals surface area contributed by atoms with Crippen molar-refractivity contribution in [2.75, 3.05) is 7.11 Å². The quantitative estimate of drug-likeness (QED) is 0.543. The molecule has 0 aliphatic heterocycles. The monoisotopic (exact) mass is 310 g/mol. The van der Waals surface area contributed by atoms with E-state index in [1.165, 1.54) is 7.11 Å². The molecule has 0 unspecified atom stereocenters. The van der Waals surface area contributed by atoms with Crippen molar-refractivity contribution in [3.63, 3.8) is 0 Å². The third-order valence-electron chi connectivity index (χ3n) is 3.29. The van der Waals surface area contributed by atoms with Gasteiger partial charge in [-0.1, -0.05) is 48.2 Å². The number of fused-ring (bicyclic) bond motifs is 1. The van der Waals surface area contributed by atoms with Gasteiger partial charge in [0.15, 0.2) is 0 Å². The lowest BCUT2D eigenvalue weighted by molar-refractivity contribution is 0.0600. The van der Waals surface area contributed by atoms with Crippen LogP contribution in [0.1, 0.15) is 15.9 Å². The van der Waals surface area contributed by atoms with Crippen LogP contribution in [0.3, 0.4) is 0 Å². The van der Waals surface area contributed by atoms with E-state index in [0.717, 1.165) is 27.1 Å². The number of ether oxygens (including phenoxy) is 1. The van der Waals surface area contributed by atoms with Gasteiger partial charge in [0, 0.05) is 16.5 Å². The lowest BCUT2D eigenvalue weighted by atomic mass is 10.1. The third-order valence-corrected chi connectivity index (χ3v) is 4.34. The van der Waals surface area contributed by atoms with Gasteiger partial charge in [-0.2, -0.15) is 5.10 Å². The van der Waals surface area contributed by atoms with Crippen LogP contribution in [-0.4, -0.2) is 23.3 Å². The maximum Gasteiger partial charge on any atom is 0.337 e. The first-order valence-electron chi connectivity index (χ1n) is 6.78. The van der Waals surface area contributed by atoms with Gasteiger partial charge in [0.05, 0.1) is 18.9 Å². The Morgan fingerprint density at radius 2 is 1.91 bits per heavy atom. The minimum atomic E-state index is -0.320. The van der Waals surface area contributed by atoms with Crippen molar-refractivity contribution < 1.29 is 9.53 Å². The molecule has 5 heteroatoms. The first-order chi connectivity index (χ1) is 10.8. The van der Waals surface area contributed by atoms with E-state index in [0.29, 0.717) is 5.56 Å². The lowest BCUT2D eigenvalue weighted by Crippen LogP contribution is -2.00. The summed E-state index contributed by atoms with van der Waals surface area (Å²) in [7, 11) is 1.38. The minimum Gasteiger partial charge on any atom is -0.465 e. The highest BCUT2D eigenvalue weighted by Gasteiger charge is 2.06. The highest BCUT2D eigenvalue weighted by molar-refractivity contribution is 7.98. The second-order valence-corrected chi connectivity index (χ2v) is 5.68. The zero-order chi connectivity index (χ0) is 15.4. The second kappa shape index (κ2) is 6.58. The molecule has 0 aliphatic carbocycles. The number of esters is 1. The lowest BCUT2D eigenvalue weighted by Gasteiger charge is -2.05. The zero-order valence-electron chi connectivity index (χ0n) is 12.0. The molecule has 0 amide bonds. The van der Waals surface area contributed by atoms with Crippen LogP contribution in [0, 0.1) is 0 Å². The first-order valence-corrected chi connectivity index (χ1v) is 7.77. The molecule has 110 valence electrons. The predicted molar refractivity (Wildman–Crippen MR) is 86.9 cm³/mol. The summed E-state index contributed by atoms with van der Waals surface area (Å²) in [6, 6.07) is 15.5. The van der Waals surface area contributed by atoms with Crippen LogP contribution in [0.2, 0.25) is 0 Å². The summed E-state index contributed by atoms with van der Waals surface area (Å²) in [5.74, 6) is 0.448. The summed E-state index contributed by atoms with van der Waals surface area (Å²) >= 11 is 1.63. The summed E-state index contributed by atoms with van der Waals surface area (Å²) in [6.45, 7) is 0. The van der Waals surface area contributed by atoms with Crippen molar-refractivity contribution in [1.82, 2.24) is 10.2 Å². The maximum absolute atomic E-state index is 11.4. The molecule has 0 radical (unpaired) electrons. The van der Waals surface area contributed by atoms with Crippen molar-refractivity contribution in [2.45, 2.75) is 10.8 Å². The van der Waals surface area contributed by atoms with Crippen molar-refractivity contribution in [3.05, 3.63) is 65.9 Å². The molecule has 0 saturated heterocycles. The molecule has 3 aromatic rings. The topological polar surface area (TPSA) is 52.1 Å². The van der Waals surface area contributed by atoms with Crippen LogP contribution in [0.5, 0.6) is 0 Å².